The smallest absolute Gasteiger partial charge is 0.242 e. The summed E-state index contributed by atoms with van der Waals surface area (Å²) in [5.74, 6) is 1.25. The molecule has 5 nitrogen and oxygen atoms in total. The molecule has 164 valence electrons. The maximum Gasteiger partial charge on any atom is 0.242 e. The first-order valence-corrected chi connectivity index (χ1v) is 12.3. The Labute approximate surface area is 188 Å². The van der Waals surface area contributed by atoms with Crippen molar-refractivity contribution in [1.82, 2.24) is 9.80 Å². The van der Waals surface area contributed by atoms with E-state index in [9.17, 15) is 9.59 Å². The van der Waals surface area contributed by atoms with Crippen molar-refractivity contribution in [1.29, 1.82) is 0 Å². The molecule has 2 aliphatic carbocycles. The molecular weight excluding hydrogens is 408 g/mol. The summed E-state index contributed by atoms with van der Waals surface area (Å²) in [6.45, 7) is 5.45. The summed E-state index contributed by atoms with van der Waals surface area (Å²) < 4.78 is 6.23. The lowest BCUT2D eigenvalue weighted by Crippen LogP contribution is -2.48. The van der Waals surface area contributed by atoms with Gasteiger partial charge in [-0.15, -0.1) is 11.3 Å². The van der Waals surface area contributed by atoms with E-state index in [4.69, 9.17) is 4.74 Å². The predicted octanol–water partition coefficient (Wildman–Crippen LogP) is 4.27. The van der Waals surface area contributed by atoms with Gasteiger partial charge in [-0.3, -0.25) is 9.59 Å². The van der Waals surface area contributed by atoms with Gasteiger partial charge in [-0.05, 0) is 74.6 Å². The second-order valence-corrected chi connectivity index (χ2v) is 10.2. The third-order valence-corrected chi connectivity index (χ3v) is 7.64. The third-order valence-electron chi connectivity index (χ3n) is 6.65. The molecule has 3 aliphatic rings. The summed E-state index contributed by atoms with van der Waals surface area (Å²) in [5.41, 5.74) is 3.51. The van der Waals surface area contributed by atoms with Gasteiger partial charge >= 0.3 is 0 Å². The van der Waals surface area contributed by atoms with Crippen molar-refractivity contribution in [3.63, 3.8) is 0 Å². The number of amides is 2. The number of nitrogens with zero attached hydrogens (tertiary/aromatic N) is 2. The molecule has 2 fully saturated rings. The van der Waals surface area contributed by atoms with Gasteiger partial charge in [0.15, 0.2) is 0 Å². The summed E-state index contributed by atoms with van der Waals surface area (Å²) in [6.07, 6.45) is 4.88. The molecule has 0 N–H and O–H groups in total. The van der Waals surface area contributed by atoms with Gasteiger partial charge < -0.3 is 14.5 Å². The molecule has 0 spiro atoms. The van der Waals surface area contributed by atoms with Crippen LogP contribution in [-0.4, -0.2) is 47.4 Å². The Morgan fingerprint density at radius 3 is 2.68 bits per heavy atom. The highest BCUT2D eigenvalue weighted by Gasteiger charge is 2.42. The van der Waals surface area contributed by atoms with Gasteiger partial charge in [0.05, 0.1) is 6.04 Å². The van der Waals surface area contributed by atoms with Gasteiger partial charge in [0.2, 0.25) is 11.8 Å². The van der Waals surface area contributed by atoms with E-state index in [2.05, 4.69) is 37.4 Å². The first-order chi connectivity index (χ1) is 15.0. The van der Waals surface area contributed by atoms with Crippen molar-refractivity contribution in [2.75, 3.05) is 19.7 Å². The lowest BCUT2D eigenvalue weighted by Gasteiger charge is -2.37. The van der Waals surface area contributed by atoms with Crippen LogP contribution in [0.5, 0.6) is 5.75 Å². The predicted molar refractivity (Wildman–Crippen MR) is 121 cm³/mol. The average molecular weight is 439 g/mol. The zero-order valence-corrected chi connectivity index (χ0v) is 19.1. The molecule has 1 aromatic carbocycles. The fraction of sp³-hybridized carbons (Fsp3) is 0.520. The maximum absolute atomic E-state index is 13.4. The van der Waals surface area contributed by atoms with E-state index in [0.29, 0.717) is 13.2 Å². The minimum atomic E-state index is -0.111. The number of rotatable bonds is 7. The van der Waals surface area contributed by atoms with Gasteiger partial charge in [0.1, 0.15) is 18.9 Å². The quantitative estimate of drug-likeness (QED) is 0.649. The molecule has 2 heterocycles. The number of hydrogen-bond donors (Lipinski definition) is 0. The molecule has 0 bridgehead atoms. The largest absolute Gasteiger partial charge is 0.491 e. The number of fused-ring (bicyclic) bond motifs is 1. The van der Waals surface area contributed by atoms with Crippen LogP contribution in [0.15, 0.2) is 29.6 Å². The number of thiophene rings is 1. The molecule has 5 rings (SSSR count). The van der Waals surface area contributed by atoms with Crippen molar-refractivity contribution in [3.8, 4) is 5.75 Å². The van der Waals surface area contributed by atoms with Crippen LogP contribution in [0.2, 0.25) is 0 Å². The summed E-state index contributed by atoms with van der Waals surface area (Å²) >= 11 is 1.76. The number of carbonyl (C=O) groups is 2. The van der Waals surface area contributed by atoms with Crippen LogP contribution >= 0.6 is 11.3 Å². The highest BCUT2D eigenvalue weighted by molar-refractivity contribution is 7.10. The number of ether oxygens (including phenoxy) is 1. The van der Waals surface area contributed by atoms with E-state index in [1.54, 1.807) is 11.3 Å². The minimum absolute atomic E-state index is 0.0481. The lowest BCUT2D eigenvalue weighted by molar-refractivity contribution is -0.143. The highest BCUT2D eigenvalue weighted by atomic mass is 32.1. The zero-order chi connectivity index (χ0) is 21.5. The SMILES string of the molecule is Cc1ccc(OCC2c3ccsc3CCN2C(=O)CN(C(=O)C2CC2)C2CC2)c(C)c1. The van der Waals surface area contributed by atoms with Crippen molar-refractivity contribution in [2.45, 2.75) is 58.0 Å². The summed E-state index contributed by atoms with van der Waals surface area (Å²) in [6, 6.07) is 8.47. The second kappa shape index (κ2) is 8.30. The number of hydrogen-bond acceptors (Lipinski definition) is 4. The molecule has 2 aromatic rings. The van der Waals surface area contributed by atoms with Crippen LogP contribution in [0.1, 0.15) is 53.3 Å². The minimum Gasteiger partial charge on any atom is -0.491 e. The first kappa shape index (κ1) is 20.6. The highest BCUT2D eigenvalue weighted by Crippen LogP contribution is 2.37. The van der Waals surface area contributed by atoms with Crippen LogP contribution in [0, 0.1) is 19.8 Å². The molecule has 1 aromatic heterocycles. The maximum atomic E-state index is 13.4. The molecule has 1 aliphatic heterocycles. The normalized spacial score (nSPS) is 20.3. The van der Waals surface area contributed by atoms with Crippen LogP contribution < -0.4 is 4.74 Å². The van der Waals surface area contributed by atoms with Gasteiger partial charge in [0.25, 0.3) is 0 Å². The summed E-state index contributed by atoms with van der Waals surface area (Å²) in [4.78, 5) is 31.3. The molecule has 1 unspecified atom stereocenters. The van der Waals surface area contributed by atoms with E-state index in [0.717, 1.165) is 43.4 Å². The zero-order valence-electron chi connectivity index (χ0n) is 18.3. The molecule has 31 heavy (non-hydrogen) atoms. The van der Waals surface area contributed by atoms with Gasteiger partial charge in [-0.2, -0.15) is 0 Å². The van der Waals surface area contributed by atoms with Crippen molar-refractivity contribution < 1.29 is 14.3 Å². The van der Waals surface area contributed by atoms with Crippen LogP contribution in [0.4, 0.5) is 0 Å². The van der Waals surface area contributed by atoms with Crippen molar-refractivity contribution in [3.05, 3.63) is 51.2 Å². The summed E-state index contributed by atoms with van der Waals surface area (Å²) in [7, 11) is 0. The standard InChI is InChI=1S/C25H30N2O3S/c1-16-3-8-22(17(2)13-16)30-15-21-20-10-12-31-23(20)9-11-26(21)24(28)14-27(19-6-7-19)25(29)18-4-5-18/h3,8,10,12-13,18-19,21H,4-7,9,11,14-15H2,1-2H3. The molecule has 6 heteroatoms. The number of aryl methyl sites for hydroxylation is 2. The third kappa shape index (κ3) is 4.36. The fourth-order valence-electron chi connectivity index (χ4n) is 4.58. The second-order valence-electron chi connectivity index (χ2n) is 9.20. The van der Waals surface area contributed by atoms with E-state index in [1.807, 2.05) is 15.9 Å². The van der Waals surface area contributed by atoms with Gasteiger partial charge in [0, 0.05) is 23.4 Å². The Bertz CT molecular complexity index is 992. The van der Waals surface area contributed by atoms with Crippen LogP contribution in [0.25, 0.3) is 0 Å². The van der Waals surface area contributed by atoms with Crippen LogP contribution in [-0.2, 0) is 16.0 Å². The molecular formula is C25H30N2O3S. The topological polar surface area (TPSA) is 49.9 Å². The molecule has 2 amide bonds. The van der Waals surface area contributed by atoms with E-state index < -0.39 is 0 Å². The number of benzene rings is 1. The molecule has 0 radical (unpaired) electrons. The van der Waals surface area contributed by atoms with Gasteiger partial charge in [-0.25, -0.2) is 0 Å². The monoisotopic (exact) mass is 438 g/mol. The number of carbonyl (C=O) groups excluding carboxylic acids is 2. The molecule has 2 saturated carbocycles. The first-order valence-electron chi connectivity index (χ1n) is 11.4. The summed E-state index contributed by atoms with van der Waals surface area (Å²) in [5, 5.41) is 2.11. The van der Waals surface area contributed by atoms with E-state index >= 15 is 0 Å². The average Bonchev–Trinajstić information content (AvgIpc) is 3.68. The van der Waals surface area contributed by atoms with E-state index in [-0.39, 0.29) is 36.4 Å². The van der Waals surface area contributed by atoms with Gasteiger partial charge in [-0.1, -0.05) is 17.7 Å². The van der Waals surface area contributed by atoms with Crippen LogP contribution in [0.3, 0.4) is 0 Å². The molecule has 1 atom stereocenters. The molecule has 0 saturated heterocycles. The van der Waals surface area contributed by atoms with E-state index in [1.165, 1.54) is 16.0 Å². The Morgan fingerprint density at radius 1 is 1.16 bits per heavy atom. The Kier molecular flexibility index (Phi) is 5.51. The van der Waals surface area contributed by atoms with Crippen molar-refractivity contribution in [2.24, 2.45) is 5.92 Å². The Morgan fingerprint density at radius 2 is 1.97 bits per heavy atom. The fourth-order valence-corrected chi connectivity index (χ4v) is 5.51. The Hall–Kier alpha value is -2.34. The lowest BCUT2D eigenvalue weighted by atomic mass is 10.00. The van der Waals surface area contributed by atoms with Crippen molar-refractivity contribution >= 4 is 23.2 Å². The Balaban J connectivity index is 1.33.